The summed E-state index contributed by atoms with van der Waals surface area (Å²) >= 11 is 1.16. The first-order valence-corrected chi connectivity index (χ1v) is 12.2. The molecule has 2 aromatic carbocycles. The first-order chi connectivity index (χ1) is 17.3. The third kappa shape index (κ3) is 5.55. The molecular weight excluding hydrogens is 488 g/mol. The summed E-state index contributed by atoms with van der Waals surface area (Å²) in [5, 5.41) is 27.4. The molecule has 1 unspecified atom stereocenters. The Bertz CT molecular complexity index is 1310. The molecule has 4 rings (SSSR count). The van der Waals surface area contributed by atoms with Gasteiger partial charge in [0.2, 0.25) is 0 Å². The topological polar surface area (TPSA) is 120 Å². The molecule has 0 spiro atoms. The summed E-state index contributed by atoms with van der Waals surface area (Å²) in [4.78, 5) is 15.9. The highest BCUT2D eigenvalue weighted by molar-refractivity contribution is 7.18. The number of nitrogens with zero attached hydrogens (tertiary/aromatic N) is 2. The number of rotatable bonds is 7. The zero-order valence-electron chi connectivity index (χ0n) is 19.3. The standard InChI is InChI=1S/C26H25F2N3O4S/c27-21-8-15(3-4-17(21)11-29)20-10-24(26(34)31-7-1-2-18(30)12-31)36-25(20)16-5-6-23(22(28)9-16)35-14-19(33)13-32/h3-6,8-10,18-19,32-33H,1-2,7,12-14,30H2/t18-,19?/m1/s1. The van der Waals surface area contributed by atoms with Crippen LogP contribution in [0.2, 0.25) is 0 Å². The molecule has 0 aliphatic carbocycles. The van der Waals surface area contributed by atoms with Crippen molar-refractivity contribution in [1.29, 1.82) is 5.26 Å². The molecular formula is C26H25F2N3O4S. The summed E-state index contributed by atoms with van der Waals surface area (Å²) in [7, 11) is 0. The first-order valence-electron chi connectivity index (χ1n) is 11.4. The number of aliphatic hydroxyl groups excluding tert-OH is 2. The average Bonchev–Trinajstić information content (AvgIpc) is 3.32. The van der Waals surface area contributed by atoms with Crippen molar-refractivity contribution in [3.63, 3.8) is 0 Å². The van der Waals surface area contributed by atoms with Crippen LogP contribution in [0.15, 0.2) is 42.5 Å². The number of nitriles is 1. The number of hydrogen-bond donors (Lipinski definition) is 3. The molecule has 1 saturated heterocycles. The summed E-state index contributed by atoms with van der Waals surface area (Å²) in [5.41, 5.74) is 7.35. The molecule has 0 saturated carbocycles. The summed E-state index contributed by atoms with van der Waals surface area (Å²) in [6.45, 7) is 0.227. The Morgan fingerprint density at radius 2 is 1.97 bits per heavy atom. The minimum atomic E-state index is -1.14. The number of benzene rings is 2. The molecule has 2 atom stereocenters. The van der Waals surface area contributed by atoms with Gasteiger partial charge in [-0.05, 0) is 60.4 Å². The zero-order valence-corrected chi connectivity index (χ0v) is 20.1. The fraction of sp³-hybridized carbons (Fsp3) is 0.308. The predicted octanol–water partition coefficient (Wildman–Crippen LogP) is 3.53. The third-order valence-corrected chi connectivity index (χ3v) is 7.10. The van der Waals surface area contributed by atoms with E-state index in [0.29, 0.717) is 39.5 Å². The van der Waals surface area contributed by atoms with E-state index < -0.39 is 24.3 Å². The molecule has 0 radical (unpaired) electrons. The predicted molar refractivity (Wildman–Crippen MR) is 132 cm³/mol. The third-order valence-electron chi connectivity index (χ3n) is 5.92. The Morgan fingerprint density at radius 1 is 1.22 bits per heavy atom. The Labute approximate surface area is 211 Å². The summed E-state index contributed by atoms with van der Waals surface area (Å²) in [6.07, 6.45) is 0.505. The number of halogens is 2. The quantitative estimate of drug-likeness (QED) is 0.445. The van der Waals surface area contributed by atoms with E-state index >= 15 is 0 Å². The van der Waals surface area contributed by atoms with Crippen molar-refractivity contribution < 1.29 is 28.5 Å². The van der Waals surface area contributed by atoms with Crippen LogP contribution in [-0.4, -0.2) is 59.5 Å². The van der Waals surface area contributed by atoms with Crippen LogP contribution in [-0.2, 0) is 0 Å². The van der Waals surface area contributed by atoms with Crippen LogP contribution in [0.3, 0.4) is 0 Å². The van der Waals surface area contributed by atoms with Gasteiger partial charge in [0.25, 0.3) is 5.91 Å². The van der Waals surface area contributed by atoms with Gasteiger partial charge in [-0.2, -0.15) is 5.26 Å². The van der Waals surface area contributed by atoms with Gasteiger partial charge in [-0.3, -0.25) is 4.79 Å². The van der Waals surface area contributed by atoms with Gasteiger partial charge in [0, 0.05) is 29.6 Å². The van der Waals surface area contributed by atoms with Crippen LogP contribution in [0.25, 0.3) is 21.6 Å². The molecule has 1 fully saturated rings. The number of hydrogen-bond acceptors (Lipinski definition) is 7. The second kappa shape index (κ2) is 11.1. The maximum absolute atomic E-state index is 14.8. The highest BCUT2D eigenvalue weighted by atomic mass is 32.1. The fourth-order valence-corrected chi connectivity index (χ4v) is 5.19. The SMILES string of the molecule is N#Cc1ccc(-c2cc(C(=O)N3CCC[C@@H](N)C3)sc2-c2ccc(OCC(O)CO)c(F)c2)cc1F. The lowest BCUT2D eigenvalue weighted by molar-refractivity contribution is 0.0523. The number of carbonyl (C=O) groups excluding carboxylic acids is 1. The van der Waals surface area contributed by atoms with E-state index in [1.165, 1.54) is 24.3 Å². The van der Waals surface area contributed by atoms with Gasteiger partial charge in [-0.15, -0.1) is 11.3 Å². The Hall–Kier alpha value is -3.36. The van der Waals surface area contributed by atoms with E-state index in [-0.39, 0.29) is 29.9 Å². The molecule has 3 aromatic rings. The zero-order chi connectivity index (χ0) is 25.8. The van der Waals surface area contributed by atoms with Crippen molar-refractivity contribution in [3.05, 3.63) is 64.5 Å². The lowest BCUT2D eigenvalue weighted by atomic mass is 10.0. The van der Waals surface area contributed by atoms with E-state index in [4.69, 9.17) is 20.8 Å². The smallest absolute Gasteiger partial charge is 0.264 e. The molecule has 4 N–H and O–H groups in total. The normalized spacial score (nSPS) is 16.4. The minimum Gasteiger partial charge on any atom is -0.488 e. The summed E-state index contributed by atoms with van der Waals surface area (Å²) in [6, 6.07) is 11.7. The Balaban J connectivity index is 1.74. The number of ether oxygens (including phenoxy) is 1. The van der Waals surface area contributed by atoms with Crippen molar-refractivity contribution in [2.45, 2.75) is 25.0 Å². The lowest BCUT2D eigenvalue weighted by Crippen LogP contribution is -2.45. The van der Waals surface area contributed by atoms with Crippen LogP contribution in [0.5, 0.6) is 5.75 Å². The first kappa shape index (κ1) is 25.7. The largest absolute Gasteiger partial charge is 0.488 e. The van der Waals surface area contributed by atoms with Crippen LogP contribution >= 0.6 is 11.3 Å². The molecule has 188 valence electrons. The van der Waals surface area contributed by atoms with Crippen molar-refractivity contribution >= 4 is 17.2 Å². The number of aliphatic hydroxyl groups is 2. The van der Waals surface area contributed by atoms with Crippen molar-refractivity contribution in [2.75, 3.05) is 26.3 Å². The van der Waals surface area contributed by atoms with Gasteiger partial charge in [-0.1, -0.05) is 6.07 Å². The number of piperidine rings is 1. The Kier molecular flexibility index (Phi) is 7.96. The Morgan fingerprint density at radius 3 is 2.64 bits per heavy atom. The maximum Gasteiger partial charge on any atom is 0.264 e. The van der Waals surface area contributed by atoms with Crippen LogP contribution < -0.4 is 10.5 Å². The molecule has 1 aliphatic heterocycles. The van der Waals surface area contributed by atoms with Crippen molar-refractivity contribution in [1.82, 2.24) is 4.90 Å². The molecule has 7 nitrogen and oxygen atoms in total. The van der Waals surface area contributed by atoms with Crippen LogP contribution in [0.4, 0.5) is 8.78 Å². The molecule has 0 bridgehead atoms. The summed E-state index contributed by atoms with van der Waals surface area (Å²) < 4.78 is 34.5. The lowest BCUT2D eigenvalue weighted by Gasteiger charge is -2.30. The van der Waals surface area contributed by atoms with E-state index in [9.17, 15) is 18.7 Å². The fourth-order valence-electron chi connectivity index (χ4n) is 4.05. The van der Waals surface area contributed by atoms with Gasteiger partial charge in [0.15, 0.2) is 11.6 Å². The number of carbonyl (C=O) groups is 1. The van der Waals surface area contributed by atoms with E-state index in [1.54, 1.807) is 29.2 Å². The van der Waals surface area contributed by atoms with Gasteiger partial charge in [-0.25, -0.2) is 8.78 Å². The van der Waals surface area contributed by atoms with Gasteiger partial charge < -0.3 is 25.6 Å². The van der Waals surface area contributed by atoms with Gasteiger partial charge >= 0.3 is 0 Å². The van der Waals surface area contributed by atoms with Gasteiger partial charge in [0.05, 0.1) is 17.0 Å². The van der Waals surface area contributed by atoms with Crippen molar-refractivity contribution in [3.8, 4) is 33.4 Å². The summed E-state index contributed by atoms with van der Waals surface area (Å²) in [5.74, 6) is -1.69. The van der Waals surface area contributed by atoms with E-state index in [0.717, 1.165) is 24.2 Å². The molecule has 1 amide bonds. The molecule has 1 aliphatic rings. The molecule has 10 heteroatoms. The minimum absolute atomic E-state index is 0.0970. The number of nitrogens with two attached hydrogens (primary N) is 1. The molecule has 1 aromatic heterocycles. The maximum atomic E-state index is 14.8. The average molecular weight is 514 g/mol. The number of amides is 1. The van der Waals surface area contributed by atoms with E-state index in [1.807, 2.05) is 0 Å². The molecule has 2 heterocycles. The van der Waals surface area contributed by atoms with Crippen molar-refractivity contribution in [2.24, 2.45) is 5.73 Å². The second-order valence-electron chi connectivity index (χ2n) is 8.61. The number of likely N-dealkylation sites (tertiary alicyclic amines) is 1. The molecule has 36 heavy (non-hydrogen) atoms. The number of thiophene rings is 1. The highest BCUT2D eigenvalue weighted by Gasteiger charge is 2.26. The monoisotopic (exact) mass is 513 g/mol. The van der Waals surface area contributed by atoms with Crippen LogP contribution in [0, 0.1) is 23.0 Å². The van der Waals surface area contributed by atoms with E-state index in [2.05, 4.69) is 0 Å². The van der Waals surface area contributed by atoms with Gasteiger partial charge in [0.1, 0.15) is 24.6 Å². The van der Waals surface area contributed by atoms with Crippen LogP contribution in [0.1, 0.15) is 28.1 Å². The second-order valence-corrected chi connectivity index (χ2v) is 9.66. The highest BCUT2D eigenvalue weighted by Crippen LogP contribution is 2.41.